The zero-order valence-electron chi connectivity index (χ0n) is 25.5. The number of hydrogen-bond donors (Lipinski definition) is 0. The number of benzene rings is 4. The zero-order valence-corrected chi connectivity index (χ0v) is 25.5. The second-order valence-electron chi connectivity index (χ2n) is 11.9. The van der Waals surface area contributed by atoms with Crippen LogP contribution in [0.1, 0.15) is 23.6 Å². The molecule has 4 heterocycles. The molecule has 0 saturated carbocycles. The smallest absolute Gasteiger partial charge is 0.160 e. The van der Waals surface area contributed by atoms with E-state index in [2.05, 4.69) is 114 Å². The Morgan fingerprint density at radius 1 is 0.596 bits per heavy atom. The molecule has 222 valence electrons. The van der Waals surface area contributed by atoms with Crippen molar-refractivity contribution in [1.82, 2.24) is 24.3 Å². The van der Waals surface area contributed by atoms with Crippen molar-refractivity contribution < 1.29 is 0 Å². The van der Waals surface area contributed by atoms with E-state index in [1.807, 2.05) is 48.5 Å². The summed E-state index contributed by atoms with van der Waals surface area (Å²) in [5.74, 6) is 0.874. The van der Waals surface area contributed by atoms with Gasteiger partial charge in [0.25, 0.3) is 0 Å². The lowest BCUT2D eigenvalue weighted by molar-refractivity contribution is 0.822. The molecule has 0 radical (unpaired) electrons. The van der Waals surface area contributed by atoms with Gasteiger partial charge in [-0.1, -0.05) is 127 Å². The Labute approximate surface area is 272 Å². The molecule has 4 aromatic heterocycles. The number of hydrogen-bond acceptors (Lipinski definition) is 4. The van der Waals surface area contributed by atoms with E-state index in [0.29, 0.717) is 0 Å². The van der Waals surface area contributed by atoms with Crippen LogP contribution in [0.3, 0.4) is 0 Å². The van der Waals surface area contributed by atoms with Crippen LogP contribution in [0.15, 0.2) is 158 Å². The number of para-hydroxylation sites is 1. The summed E-state index contributed by atoms with van der Waals surface area (Å²) in [7, 11) is 0. The Balaban J connectivity index is 1.14. The average Bonchev–Trinajstić information content (AvgIpc) is 3.55. The minimum Gasteiger partial charge on any atom is -0.298 e. The molecule has 0 fully saturated rings. The summed E-state index contributed by atoms with van der Waals surface area (Å²) in [5, 5.41) is 1.05. The molecule has 1 unspecified atom stereocenters. The van der Waals surface area contributed by atoms with Crippen molar-refractivity contribution in [2.75, 3.05) is 0 Å². The second kappa shape index (κ2) is 11.3. The van der Waals surface area contributed by atoms with Crippen LogP contribution in [0.2, 0.25) is 0 Å². The fourth-order valence-corrected chi connectivity index (χ4v) is 6.62. The molecule has 1 aliphatic carbocycles. The Bertz CT molecular complexity index is 2480. The molecule has 0 amide bonds. The van der Waals surface area contributed by atoms with E-state index in [1.54, 1.807) is 0 Å². The molecule has 0 N–H and O–H groups in total. The number of imidazole rings is 1. The maximum atomic E-state index is 5.16. The number of rotatable bonds is 5. The van der Waals surface area contributed by atoms with Crippen molar-refractivity contribution >= 4 is 33.2 Å². The summed E-state index contributed by atoms with van der Waals surface area (Å²) in [5.41, 5.74) is 12.2. The van der Waals surface area contributed by atoms with Gasteiger partial charge in [-0.05, 0) is 41.8 Å². The Morgan fingerprint density at radius 2 is 1.32 bits per heavy atom. The van der Waals surface area contributed by atoms with Gasteiger partial charge in [-0.3, -0.25) is 4.40 Å². The standard InChI is InChI=1S/C42H29N5/c1-3-12-28(13-4-1)32-16-11-17-33(26-32)37-27-36(44-42(45-37)31-14-5-2-6-15-31)29-21-23-30(24-22-29)39-41-40(34-18-7-8-19-35(34)43-39)46-38-20-9-10-25-47(38)41/h1-25,27,33H,26H2. The van der Waals surface area contributed by atoms with Crippen LogP contribution in [0, 0.1) is 0 Å². The molecule has 0 bridgehead atoms. The summed E-state index contributed by atoms with van der Waals surface area (Å²) in [6, 6.07) is 45.9. The highest BCUT2D eigenvalue weighted by molar-refractivity contribution is 6.09. The van der Waals surface area contributed by atoms with Gasteiger partial charge in [-0.2, -0.15) is 0 Å². The zero-order chi connectivity index (χ0) is 31.2. The first-order chi connectivity index (χ1) is 23.3. The van der Waals surface area contributed by atoms with Crippen LogP contribution in [0.25, 0.3) is 67.1 Å². The molecule has 0 aliphatic heterocycles. The molecule has 4 aromatic carbocycles. The maximum absolute atomic E-state index is 5.16. The van der Waals surface area contributed by atoms with Crippen LogP contribution in [0.5, 0.6) is 0 Å². The van der Waals surface area contributed by atoms with Gasteiger partial charge in [0, 0.05) is 34.2 Å². The number of fused-ring (bicyclic) bond motifs is 5. The van der Waals surface area contributed by atoms with E-state index in [1.165, 1.54) is 11.1 Å². The van der Waals surface area contributed by atoms with Crippen LogP contribution in [-0.4, -0.2) is 24.3 Å². The maximum Gasteiger partial charge on any atom is 0.160 e. The third-order valence-electron chi connectivity index (χ3n) is 8.98. The molecule has 1 aliphatic rings. The monoisotopic (exact) mass is 603 g/mol. The highest BCUT2D eigenvalue weighted by Gasteiger charge is 2.20. The first kappa shape index (κ1) is 27.1. The predicted molar refractivity (Wildman–Crippen MR) is 191 cm³/mol. The van der Waals surface area contributed by atoms with Crippen molar-refractivity contribution in [2.24, 2.45) is 0 Å². The average molecular weight is 604 g/mol. The van der Waals surface area contributed by atoms with Gasteiger partial charge in [0.2, 0.25) is 0 Å². The van der Waals surface area contributed by atoms with Crippen molar-refractivity contribution in [3.63, 3.8) is 0 Å². The quantitative estimate of drug-likeness (QED) is 0.196. The number of pyridine rings is 2. The molecule has 8 aromatic rings. The molecular formula is C42H29N5. The van der Waals surface area contributed by atoms with Gasteiger partial charge >= 0.3 is 0 Å². The van der Waals surface area contributed by atoms with Gasteiger partial charge in [-0.15, -0.1) is 0 Å². The Kier molecular flexibility index (Phi) is 6.53. The molecule has 1 atom stereocenters. The summed E-state index contributed by atoms with van der Waals surface area (Å²) in [6.45, 7) is 0. The van der Waals surface area contributed by atoms with E-state index >= 15 is 0 Å². The molecule has 0 spiro atoms. The summed E-state index contributed by atoms with van der Waals surface area (Å²) in [4.78, 5) is 20.4. The second-order valence-corrected chi connectivity index (χ2v) is 11.9. The lowest BCUT2D eigenvalue weighted by Crippen LogP contribution is -2.06. The Hall–Kier alpha value is -6.20. The normalized spacial score (nSPS) is 14.6. The fraction of sp³-hybridized carbons (Fsp3) is 0.0476. The third-order valence-corrected chi connectivity index (χ3v) is 8.98. The first-order valence-electron chi connectivity index (χ1n) is 15.9. The van der Waals surface area contributed by atoms with Crippen LogP contribution < -0.4 is 0 Å². The van der Waals surface area contributed by atoms with Crippen molar-refractivity contribution in [3.05, 3.63) is 169 Å². The van der Waals surface area contributed by atoms with Gasteiger partial charge in [0.05, 0.1) is 28.1 Å². The minimum absolute atomic E-state index is 0.143. The van der Waals surface area contributed by atoms with Crippen molar-refractivity contribution in [1.29, 1.82) is 0 Å². The van der Waals surface area contributed by atoms with E-state index in [9.17, 15) is 0 Å². The van der Waals surface area contributed by atoms with E-state index in [-0.39, 0.29) is 5.92 Å². The lowest BCUT2D eigenvalue weighted by atomic mass is 9.87. The number of aromatic nitrogens is 5. The molecule has 47 heavy (non-hydrogen) atoms. The number of nitrogens with zero attached hydrogens (tertiary/aromatic N) is 5. The third kappa shape index (κ3) is 4.89. The van der Waals surface area contributed by atoms with Crippen LogP contribution >= 0.6 is 0 Å². The first-order valence-corrected chi connectivity index (χ1v) is 15.9. The highest BCUT2D eigenvalue weighted by Crippen LogP contribution is 2.37. The van der Waals surface area contributed by atoms with E-state index in [4.69, 9.17) is 19.9 Å². The fourth-order valence-electron chi connectivity index (χ4n) is 6.62. The van der Waals surface area contributed by atoms with Crippen LogP contribution in [0.4, 0.5) is 0 Å². The SMILES string of the molecule is C1=CC(c2cc(-c3ccc(-c4nc5ccccc5c5nc6ccccn6c45)cc3)nc(-c3ccccc3)n2)CC(c2ccccc2)=C1. The molecule has 5 nitrogen and oxygen atoms in total. The summed E-state index contributed by atoms with van der Waals surface area (Å²) in [6.07, 6.45) is 9.57. The van der Waals surface area contributed by atoms with Gasteiger partial charge in [0.15, 0.2) is 5.82 Å². The summed E-state index contributed by atoms with van der Waals surface area (Å²) < 4.78 is 2.14. The predicted octanol–water partition coefficient (Wildman–Crippen LogP) is 9.95. The van der Waals surface area contributed by atoms with Gasteiger partial charge in [-0.25, -0.2) is 19.9 Å². The molecule has 5 heteroatoms. The topological polar surface area (TPSA) is 56.0 Å². The Morgan fingerprint density at radius 3 is 2.15 bits per heavy atom. The lowest BCUT2D eigenvalue weighted by Gasteiger charge is -2.20. The van der Waals surface area contributed by atoms with Crippen LogP contribution in [-0.2, 0) is 0 Å². The highest BCUT2D eigenvalue weighted by atomic mass is 15.0. The van der Waals surface area contributed by atoms with Gasteiger partial charge in [0.1, 0.15) is 11.2 Å². The van der Waals surface area contributed by atoms with Crippen molar-refractivity contribution in [2.45, 2.75) is 12.3 Å². The molecule has 0 saturated heterocycles. The van der Waals surface area contributed by atoms with E-state index in [0.717, 1.165) is 73.6 Å². The minimum atomic E-state index is 0.143. The van der Waals surface area contributed by atoms with Crippen molar-refractivity contribution in [3.8, 4) is 33.9 Å². The van der Waals surface area contributed by atoms with Gasteiger partial charge < -0.3 is 0 Å². The summed E-state index contributed by atoms with van der Waals surface area (Å²) >= 11 is 0. The number of allylic oxidation sites excluding steroid dienone is 4. The van der Waals surface area contributed by atoms with E-state index < -0.39 is 0 Å². The molecule has 9 rings (SSSR count). The molecular weight excluding hydrogens is 574 g/mol. The largest absolute Gasteiger partial charge is 0.298 e.